The molecule has 44 heavy (non-hydrogen) atoms. The molecule has 3 aliphatic rings. The molecular formula is C34H44N6O4. The molecule has 7 rings (SSSR count). The Hall–Kier alpha value is -3.92. The molecule has 0 saturated carbocycles. The number of carboxylic acids is 1. The van der Waals surface area contributed by atoms with Crippen molar-refractivity contribution in [1.29, 1.82) is 0 Å². The summed E-state index contributed by atoms with van der Waals surface area (Å²) in [5, 5.41) is 20.0. The van der Waals surface area contributed by atoms with Gasteiger partial charge in [0.1, 0.15) is 11.6 Å². The fraction of sp³-hybridized carbons (Fsp3) is 0.529. The summed E-state index contributed by atoms with van der Waals surface area (Å²) in [6.07, 6.45) is 9.87. The number of fused-ring (bicyclic) bond motifs is 7. The second-order valence-corrected chi connectivity index (χ2v) is 13.7. The first kappa shape index (κ1) is 30.1. The van der Waals surface area contributed by atoms with E-state index in [9.17, 15) is 9.90 Å². The number of hydrogen-bond donors (Lipinski definition) is 1. The van der Waals surface area contributed by atoms with Crippen LogP contribution < -0.4 is 9.64 Å². The van der Waals surface area contributed by atoms with E-state index < -0.39 is 17.7 Å². The van der Waals surface area contributed by atoms with Crippen molar-refractivity contribution < 1.29 is 19.4 Å². The van der Waals surface area contributed by atoms with Crippen molar-refractivity contribution in [3.05, 3.63) is 65.1 Å². The van der Waals surface area contributed by atoms with Crippen molar-refractivity contribution in [3.63, 3.8) is 0 Å². The highest BCUT2D eigenvalue weighted by atomic mass is 16.5. The summed E-state index contributed by atoms with van der Waals surface area (Å²) in [6, 6.07) is 10.2. The standard InChI is InChI=1S/C34H44N6O4/c1-23-29(30(32(41)42)44-33(2,3)4)31-38-15-13-34(5,14-16-38)12-7-6-8-17-43-26-11-9-10-24(19-26)18-25-21-35-39(22-25)28-20-27(36-23)40(31)37-28/h9-11,19-22,30H,6-8,12-18H2,1-5H3,(H,41,42)/t30-/m0/s1. The van der Waals surface area contributed by atoms with Gasteiger partial charge in [0, 0.05) is 37.5 Å². The van der Waals surface area contributed by atoms with Gasteiger partial charge in [-0.3, -0.25) is 0 Å². The first-order valence-corrected chi connectivity index (χ1v) is 15.8. The molecule has 0 aliphatic carbocycles. The smallest absolute Gasteiger partial charge is 0.337 e. The summed E-state index contributed by atoms with van der Waals surface area (Å²) in [7, 11) is 0. The van der Waals surface area contributed by atoms with E-state index >= 15 is 0 Å². The Kier molecular flexibility index (Phi) is 8.13. The minimum absolute atomic E-state index is 0.223. The molecule has 3 aromatic heterocycles. The van der Waals surface area contributed by atoms with E-state index in [1.54, 1.807) is 9.20 Å². The lowest BCUT2D eigenvalue weighted by atomic mass is 9.76. The molecule has 1 saturated heterocycles. The highest BCUT2D eigenvalue weighted by Gasteiger charge is 2.37. The molecule has 0 unspecified atom stereocenters. The molecule has 4 aromatic rings. The third kappa shape index (κ3) is 6.45. The Morgan fingerprint density at radius 3 is 2.64 bits per heavy atom. The van der Waals surface area contributed by atoms with Crippen molar-refractivity contribution in [1.82, 2.24) is 24.4 Å². The number of hydrogen-bond acceptors (Lipinski definition) is 7. The molecule has 1 fully saturated rings. The lowest BCUT2D eigenvalue weighted by Gasteiger charge is -2.41. The highest BCUT2D eigenvalue weighted by Crippen LogP contribution is 2.41. The van der Waals surface area contributed by atoms with Gasteiger partial charge in [0.05, 0.1) is 24.0 Å². The van der Waals surface area contributed by atoms with Crippen LogP contribution in [0.4, 0.5) is 5.82 Å². The molecule has 8 bridgehead atoms. The number of carbonyl (C=O) groups is 1. The number of benzene rings is 1. The first-order valence-electron chi connectivity index (χ1n) is 15.8. The molecular weight excluding hydrogens is 556 g/mol. The predicted octanol–water partition coefficient (Wildman–Crippen LogP) is 6.31. The topological polar surface area (TPSA) is 107 Å². The summed E-state index contributed by atoms with van der Waals surface area (Å²) in [6.45, 7) is 12.2. The molecule has 6 heterocycles. The Bertz CT molecular complexity index is 1640. The van der Waals surface area contributed by atoms with Crippen LogP contribution in [-0.4, -0.2) is 60.8 Å². The number of nitrogens with zero attached hydrogens (tertiary/aromatic N) is 6. The van der Waals surface area contributed by atoms with Gasteiger partial charge in [0.15, 0.2) is 17.6 Å². The summed E-state index contributed by atoms with van der Waals surface area (Å²) in [5.74, 6) is 1.22. The van der Waals surface area contributed by atoms with Crippen molar-refractivity contribution in [2.75, 3.05) is 24.6 Å². The maximum Gasteiger partial charge on any atom is 0.337 e. The molecule has 1 atom stereocenters. The Balaban J connectivity index is 1.46. The number of aryl methyl sites for hydroxylation is 1. The first-order chi connectivity index (χ1) is 21.0. The van der Waals surface area contributed by atoms with Gasteiger partial charge in [-0.25, -0.2) is 14.5 Å². The number of anilines is 1. The normalized spacial score (nSPS) is 18.2. The number of piperidine rings is 1. The molecule has 10 heteroatoms. The van der Waals surface area contributed by atoms with E-state index in [1.165, 1.54) is 0 Å². The van der Waals surface area contributed by atoms with Crippen LogP contribution in [0, 0.1) is 12.3 Å². The average Bonchev–Trinajstić information content (AvgIpc) is 3.60. The average molecular weight is 601 g/mol. The predicted molar refractivity (Wildman–Crippen MR) is 169 cm³/mol. The summed E-state index contributed by atoms with van der Waals surface area (Å²) >= 11 is 0. The molecule has 10 nitrogen and oxygen atoms in total. The minimum Gasteiger partial charge on any atom is -0.494 e. The van der Waals surface area contributed by atoms with E-state index in [-0.39, 0.29) is 5.41 Å². The van der Waals surface area contributed by atoms with E-state index in [4.69, 9.17) is 19.6 Å². The largest absolute Gasteiger partial charge is 0.494 e. The third-order valence-electron chi connectivity index (χ3n) is 8.89. The van der Waals surface area contributed by atoms with Crippen LogP contribution in [0.1, 0.15) is 94.7 Å². The lowest BCUT2D eigenvalue weighted by molar-refractivity contribution is -0.160. The van der Waals surface area contributed by atoms with Gasteiger partial charge >= 0.3 is 5.97 Å². The van der Waals surface area contributed by atoms with E-state index in [0.717, 1.165) is 80.9 Å². The summed E-state index contributed by atoms with van der Waals surface area (Å²) < 4.78 is 15.9. The maximum atomic E-state index is 12.7. The number of carboxylic acid groups (broad SMARTS) is 1. The SMILES string of the molecule is Cc1nc2cc3nn2c(c1[C@H](OC(C)(C)C)C(=O)O)N1CCC(C)(CCCCCOc2cccc(c2)Cc2cnn-3c2)CC1. The minimum atomic E-state index is -1.19. The van der Waals surface area contributed by atoms with Gasteiger partial charge in [-0.2, -0.15) is 9.61 Å². The number of aliphatic carboxylic acids is 1. The van der Waals surface area contributed by atoms with Crippen LogP contribution in [-0.2, 0) is 16.0 Å². The van der Waals surface area contributed by atoms with Crippen LogP contribution in [0.25, 0.3) is 11.5 Å². The molecule has 1 N–H and O–H groups in total. The fourth-order valence-electron chi connectivity index (χ4n) is 6.50. The van der Waals surface area contributed by atoms with Gasteiger partial charge in [0.2, 0.25) is 0 Å². The quantitative estimate of drug-likeness (QED) is 0.291. The highest BCUT2D eigenvalue weighted by molar-refractivity contribution is 5.78. The zero-order chi connectivity index (χ0) is 31.1. The number of rotatable bonds is 3. The van der Waals surface area contributed by atoms with Crippen molar-refractivity contribution in [3.8, 4) is 11.6 Å². The van der Waals surface area contributed by atoms with Crippen LogP contribution >= 0.6 is 0 Å². The van der Waals surface area contributed by atoms with Gasteiger partial charge < -0.3 is 19.5 Å². The maximum absolute atomic E-state index is 12.7. The fourth-order valence-corrected chi connectivity index (χ4v) is 6.50. The van der Waals surface area contributed by atoms with E-state index in [1.807, 2.05) is 58.3 Å². The van der Waals surface area contributed by atoms with Crippen LogP contribution in [0.2, 0.25) is 0 Å². The molecule has 234 valence electrons. The van der Waals surface area contributed by atoms with Gasteiger partial charge in [0.25, 0.3) is 0 Å². The van der Waals surface area contributed by atoms with Crippen LogP contribution in [0.5, 0.6) is 5.75 Å². The van der Waals surface area contributed by atoms with Crippen molar-refractivity contribution >= 4 is 17.4 Å². The summed E-state index contributed by atoms with van der Waals surface area (Å²) in [4.78, 5) is 19.9. The molecule has 0 spiro atoms. The molecule has 1 aromatic carbocycles. The number of ether oxygens (including phenoxy) is 2. The second-order valence-electron chi connectivity index (χ2n) is 13.7. The third-order valence-corrected chi connectivity index (χ3v) is 8.89. The Labute approximate surface area is 259 Å². The zero-order valence-corrected chi connectivity index (χ0v) is 26.5. The van der Waals surface area contributed by atoms with Crippen molar-refractivity contribution in [2.24, 2.45) is 5.41 Å². The summed E-state index contributed by atoms with van der Waals surface area (Å²) in [5.41, 5.74) is 3.58. The molecule has 0 radical (unpaired) electrons. The molecule has 3 aliphatic heterocycles. The molecule has 0 amide bonds. The van der Waals surface area contributed by atoms with Crippen LogP contribution in [0.3, 0.4) is 0 Å². The zero-order valence-electron chi connectivity index (χ0n) is 26.5. The second kappa shape index (κ2) is 11.9. The van der Waals surface area contributed by atoms with Gasteiger partial charge in [-0.05, 0) is 82.1 Å². The Morgan fingerprint density at radius 2 is 1.89 bits per heavy atom. The Morgan fingerprint density at radius 1 is 1.09 bits per heavy atom. The lowest BCUT2D eigenvalue weighted by Crippen LogP contribution is -2.41. The van der Waals surface area contributed by atoms with Crippen molar-refractivity contribution in [2.45, 2.75) is 91.3 Å². The van der Waals surface area contributed by atoms with Gasteiger partial charge in [-0.15, -0.1) is 5.10 Å². The number of aromatic nitrogens is 5. The van der Waals surface area contributed by atoms with Gasteiger partial charge in [-0.1, -0.05) is 31.9 Å². The monoisotopic (exact) mass is 600 g/mol. The van der Waals surface area contributed by atoms with E-state index in [2.05, 4.69) is 29.1 Å². The van der Waals surface area contributed by atoms with E-state index in [0.29, 0.717) is 29.1 Å². The van der Waals surface area contributed by atoms with Crippen LogP contribution in [0.15, 0.2) is 42.7 Å².